The number of nitrogen functional groups attached to an aromatic ring is 1. The fraction of sp³-hybridized carbons (Fsp3) is 0.409. The number of likely N-dealkylation sites (tertiary alicyclic amines) is 1. The topological polar surface area (TPSA) is 117 Å². The van der Waals surface area contributed by atoms with E-state index in [2.05, 4.69) is 17.6 Å². The van der Waals surface area contributed by atoms with E-state index in [1.54, 1.807) is 29.3 Å². The number of carboxylic acid groups (broad SMARTS) is 1. The zero-order chi connectivity index (χ0) is 21.7. The van der Waals surface area contributed by atoms with E-state index in [-0.39, 0.29) is 11.2 Å². The number of β-amino-alcohol motifs (C(OH)–C–C–N with tert-alkyl or cyclic N) is 1. The molecule has 1 saturated heterocycles. The van der Waals surface area contributed by atoms with Crippen molar-refractivity contribution in [2.24, 2.45) is 5.92 Å². The molecule has 160 valence electrons. The number of nitrogens with two attached hydrogens (primary N) is 1. The molecular formula is C22H27N3O4S. The average molecular weight is 430 g/mol. The Morgan fingerprint density at radius 3 is 2.70 bits per heavy atom. The molecule has 1 aliphatic heterocycles. The second-order valence-electron chi connectivity index (χ2n) is 7.74. The van der Waals surface area contributed by atoms with Crippen molar-refractivity contribution in [3.05, 3.63) is 59.3 Å². The largest absolute Gasteiger partial charge is 0.481 e. The van der Waals surface area contributed by atoms with Crippen molar-refractivity contribution in [3.63, 3.8) is 0 Å². The fourth-order valence-corrected chi connectivity index (χ4v) is 4.05. The van der Waals surface area contributed by atoms with Gasteiger partial charge in [0.05, 0.1) is 12.0 Å². The van der Waals surface area contributed by atoms with Crippen LogP contribution in [-0.2, 0) is 17.6 Å². The van der Waals surface area contributed by atoms with Crippen molar-refractivity contribution in [2.45, 2.75) is 37.0 Å². The van der Waals surface area contributed by atoms with Gasteiger partial charge in [-0.15, -0.1) is 0 Å². The van der Waals surface area contributed by atoms with Gasteiger partial charge in [0.1, 0.15) is 5.82 Å². The number of carbonyl (C=O) groups is 2. The van der Waals surface area contributed by atoms with E-state index in [1.165, 1.54) is 0 Å². The van der Waals surface area contributed by atoms with Gasteiger partial charge in [-0.1, -0.05) is 18.2 Å². The van der Waals surface area contributed by atoms with Crippen LogP contribution in [-0.4, -0.2) is 56.4 Å². The van der Waals surface area contributed by atoms with Gasteiger partial charge in [0.15, 0.2) is 0 Å². The van der Waals surface area contributed by atoms with Gasteiger partial charge in [0.2, 0.25) is 0 Å². The second kappa shape index (κ2) is 9.95. The predicted molar refractivity (Wildman–Crippen MR) is 118 cm³/mol. The lowest BCUT2D eigenvalue weighted by Crippen LogP contribution is -2.29. The molecule has 0 aliphatic carbocycles. The molecule has 4 N–H and O–H groups in total. The monoisotopic (exact) mass is 429 g/mol. The van der Waals surface area contributed by atoms with E-state index in [9.17, 15) is 19.8 Å². The van der Waals surface area contributed by atoms with Crippen LogP contribution in [0.3, 0.4) is 0 Å². The summed E-state index contributed by atoms with van der Waals surface area (Å²) in [6, 6.07) is 10.8. The zero-order valence-electron chi connectivity index (χ0n) is 16.6. The van der Waals surface area contributed by atoms with Gasteiger partial charge in [-0.25, -0.2) is 4.98 Å². The molecule has 2 aromatic rings. The minimum absolute atomic E-state index is 0.0879. The van der Waals surface area contributed by atoms with Crippen molar-refractivity contribution in [2.75, 3.05) is 18.8 Å². The third kappa shape index (κ3) is 5.73. The second-order valence-corrected chi connectivity index (χ2v) is 8.40. The molecule has 0 saturated carbocycles. The van der Waals surface area contributed by atoms with Crippen LogP contribution in [0.1, 0.15) is 34.3 Å². The summed E-state index contributed by atoms with van der Waals surface area (Å²) in [4.78, 5) is 30.1. The molecule has 3 rings (SSSR count). The molecule has 8 heteroatoms. The number of anilines is 1. The summed E-state index contributed by atoms with van der Waals surface area (Å²) >= 11 is 4.56. The highest BCUT2D eigenvalue weighted by molar-refractivity contribution is 7.81. The number of aromatic nitrogens is 1. The molecule has 3 unspecified atom stereocenters. The van der Waals surface area contributed by atoms with Crippen LogP contribution in [0.5, 0.6) is 0 Å². The SMILES string of the molecule is Nc1ccc(CC(C(=O)O)C(S)CCc2cccc(C(=O)N3CCC(O)C3)c2)cn1. The quantitative estimate of drug-likeness (QED) is 0.477. The zero-order valence-corrected chi connectivity index (χ0v) is 17.5. The number of hydrogen-bond donors (Lipinski definition) is 4. The first kappa shape index (κ1) is 22.1. The highest BCUT2D eigenvalue weighted by atomic mass is 32.1. The molecule has 1 fully saturated rings. The summed E-state index contributed by atoms with van der Waals surface area (Å²) < 4.78 is 0. The summed E-state index contributed by atoms with van der Waals surface area (Å²) in [5.41, 5.74) is 7.93. The summed E-state index contributed by atoms with van der Waals surface area (Å²) in [6.07, 6.45) is 3.24. The van der Waals surface area contributed by atoms with E-state index in [0.717, 1.165) is 11.1 Å². The molecule has 1 amide bonds. The van der Waals surface area contributed by atoms with E-state index < -0.39 is 18.0 Å². The Hall–Kier alpha value is -2.58. The van der Waals surface area contributed by atoms with Crippen LogP contribution in [0.15, 0.2) is 42.6 Å². The summed E-state index contributed by atoms with van der Waals surface area (Å²) in [6.45, 7) is 0.922. The Bertz CT molecular complexity index is 890. The van der Waals surface area contributed by atoms with E-state index >= 15 is 0 Å². The Balaban J connectivity index is 1.61. The van der Waals surface area contributed by atoms with Crippen LogP contribution in [0.4, 0.5) is 5.82 Å². The lowest BCUT2D eigenvalue weighted by Gasteiger charge is -2.20. The molecule has 7 nitrogen and oxygen atoms in total. The number of aliphatic hydroxyl groups is 1. The van der Waals surface area contributed by atoms with E-state index in [0.29, 0.717) is 50.2 Å². The fourth-order valence-electron chi connectivity index (χ4n) is 3.68. The first-order chi connectivity index (χ1) is 14.3. The molecule has 0 bridgehead atoms. The average Bonchev–Trinajstić information content (AvgIpc) is 3.17. The number of thiol groups is 1. The number of aryl methyl sites for hydroxylation is 1. The number of aliphatic hydroxyl groups excluding tert-OH is 1. The number of nitrogens with zero attached hydrogens (tertiary/aromatic N) is 2. The summed E-state index contributed by atoms with van der Waals surface area (Å²) in [7, 11) is 0. The lowest BCUT2D eigenvalue weighted by molar-refractivity contribution is -0.141. The van der Waals surface area contributed by atoms with Crippen LogP contribution in [0.2, 0.25) is 0 Å². The maximum absolute atomic E-state index is 12.6. The van der Waals surface area contributed by atoms with Gasteiger partial charge in [0, 0.05) is 30.1 Å². The van der Waals surface area contributed by atoms with Crippen molar-refractivity contribution < 1.29 is 19.8 Å². The first-order valence-corrected chi connectivity index (χ1v) is 10.5. The molecule has 1 aromatic heterocycles. The number of amides is 1. The maximum Gasteiger partial charge on any atom is 0.307 e. The van der Waals surface area contributed by atoms with Crippen molar-refractivity contribution >= 4 is 30.3 Å². The third-order valence-electron chi connectivity index (χ3n) is 5.44. The van der Waals surface area contributed by atoms with Crippen molar-refractivity contribution in [3.8, 4) is 0 Å². The van der Waals surface area contributed by atoms with Crippen LogP contribution >= 0.6 is 12.6 Å². The van der Waals surface area contributed by atoms with Gasteiger partial charge in [0.25, 0.3) is 5.91 Å². The van der Waals surface area contributed by atoms with Gasteiger partial charge < -0.3 is 20.8 Å². The highest BCUT2D eigenvalue weighted by Crippen LogP contribution is 2.23. The van der Waals surface area contributed by atoms with E-state index in [4.69, 9.17) is 5.73 Å². The van der Waals surface area contributed by atoms with Crippen LogP contribution < -0.4 is 5.73 Å². The molecular weight excluding hydrogens is 402 g/mol. The number of benzene rings is 1. The molecule has 2 heterocycles. The van der Waals surface area contributed by atoms with Gasteiger partial charge in [-0.2, -0.15) is 12.6 Å². The predicted octanol–water partition coefficient (Wildman–Crippen LogP) is 2.05. The molecule has 1 aromatic carbocycles. The molecule has 0 radical (unpaired) electrons. The summed E-state index contributed by atoms with van der Waals surface area (Å²) in [5.74, 6) is -1.25. The minimum atomic E-state index is -0.900. The number of carbonyl (C=O) groups excluding carboxylic acids is 1. The van der Waals surface area contributed by atoms with Crippen molar-refractivity contribution in [1.29, 1.82) is 0 Å². The molecule has 30 heavy (non-hydrogen) atoms. The Labute approximate surface area is 181 Å². The highest BCUT2D eigenvalue weighted by Gasteiger charge is 2.27. The van der Waals surface area contributed by atoms with Crippen LogP contribution in [0.25, 0.3) is 0 Å². The van der Waals surface area contributed by atoms with Gasteiger partial charge in [-0.05, 0) is 55.0 Å². The minimum Gasteiger partial charge on any atom is -0.481 e. The summed E-state index contributed by atoms with van der Waals surface area (Å²) in [5, 5.41) is 18.9. The number of carboxylic acids is 1. The normalized spacial score (nSPS) is 18.2. The smallest absolute Gasteiger partial charge is 0.307 e. The molecule has 3 atom stereocenters. The Morgan fingerprint density at radius 2 is 2.07 bits per heavy atom. The van der Waals surface area contributed by atoms with Crippen LogP contribution in [0, 0.1) is 5.92 Å². The number of aliphatic carboxylic acids is 1. The maximum atomic E-state index is 12.6. The third-order valence-corrected chi connectivity index (χ3v) is 6.06. The van der Waals surface area contributed by atoms with Gasteiger partial charge >= 0.3 is 5.97 Å². The number of hydrogen-bond acceptors (Lipinski definition) is 6. The molecule has 0 spiro atoms. The Kier molecular flexibility index (Phi) is 7.33. The van der Waals surface area contributed by atoms with Crippen molar-refractivity contribution in [1.82, 2.24) is 9.88 Å². The van der Waals surface area contributed by atoms with Gasteiger partial charge in [-0.3, -0.25) is 9.59 Å². The number of pyridine rings is 1. The lowest BCUT2D eigenvalue weighted by atomic mass is 9.93. The first-order valence-electron chi connectivity index (χ1n) is 10.0. The Morgan fingerprint density at radius 1 is 1.27 bits per heavy atom. The number of rotatable bonds is 8. The standard InChI is InChI=1S/C22H27N3O4S/c23-20-7-5-15(12-24-20)11-18(22(28)29)19(30)6-4-14-2-1-3-16(10-14)21(27)25-9-8-17(26)13-25/h1-3,5,7,10,12,17-19,26,30H,4,6,8-9,11,13H2,(H2,23,24)(H,28,29). The van der Waals surface area contributed by atoms with E-state index in [1.807, 2.05) is 18.2 Å². The molecule has 1 aliphatic rings.